The lowest BCUT2D eigenvalue weighted by atomic mass is 10.3. The molecular formula is C9H12N2OS. The number of nitrogens with zero attached hydrogens (tertiary/aromatic N) is 1. The molecule has 1 aromatic rings. The first-order valence-corrected chi connectivity index (χ1v) is 5.19. The minimum absolute atomic E-state index is 0.0347. The van der Waals surface area contributed by atoms with Crippen molar-refractivity contribution in [3.05, 3.63) is 22.4 Å². The Morgan fingerprint density at radius 3 is 3.08 bits per heavy atom. The van der Waals surface area contributed by atoms with Crippen molar-refractivity contribution in [3.63, 3.8) is 0 Å². The Morgan fingerprint density at radius 1 is 1.69 bits per heavy atom. The number of hydrogen-bond donors (Lipinski definition) is 1. The minimum Gasteiger partial charge on any atom is -0.336 e. The van der Waals surface area contributed by atoms with E-state index in [1.165, 1.54) is 4.88 Å². The van der Waals surface area contributed by atoms with E-state index >= 15 is 0 Å². The highest BCUT2D eigenvalue weighted by atomic mass is 32.1. The molecule has 1 aliphatic heterocycles. The summed E-state index contributed by atoms with van der Waals surface area (Å²) < 4.78 is 0. The van der Waals surface area contributed by atoms with Crippen LogP contribution in [0, 0.1) is 0 Å². The highest BCUT2D eigenvalue weighted by Gasteiger charge is 2.26. The second-order valence-electron chi connectivity index (χ2n) is 3.32. The molecule has 1 atom stereocenters. The van der Waals surface area contributed by atoms with Gasteiger partial charge in [-0.25, -0.2) is 0 Å². The summed E-state index contributed by atoms with van der Waals surface area (Å²) in [6.45, 7) is 1.43. The van der Waals surface area contributed by atoms with Crippen LogP contribution in [0.3, 0.4) is 0 Å². The summed E-state index contributed by atoms with van der Waals surface area (Å²) in [6, 6.07) is 4.08. The molecule has 1 amide bonds. The number of amides is 1. The first-order valence-electron chi connectivity index (χ1n) is 4.31. The van der Waals surface area contributed by atoms with Crippen molar-refractivity contribution in [2.24, 2.45) is 5.73 Å². The Kier molecular flexibility index (Phi) is 2.33. The van der Waals surface area contributed by atoms with E-state index in [-0.39, 0.29) is 11.9 Å². The zero-order valence-electron chi connectivity index (χ0n) is 7.27. The van der Waals surface area contributed by atoms with Gasteiger partial charge >= 0.3 is 0 Å². The fraction of sp³-hybridized carbons (Fsp3) is 0.444. The van der Waals surface area contributed by atoms with Crippen LogP contribution in [0.5, 0.6) is 0 Å². The summed E-state index contributed by atoms with van der Waals surface area (Å²) in [5.41, 5.74) is 5.69. The molecule has 4 heteroatoms. The molecule has 0 spiro atoms. The van der Waals surface area contributed by atoms with Crippen LogP contribution in [0.1, 0.15) is 11.3 Å². The van der Waals surface area contributed by atoms with Crippen LogP contribution in [0.25, 0.3) is 0 Å². The van der Waals surface area contributed by atoms with Gasteiger partial charge in [0.25, 0.3) is 0 Å². The van der Waals surface area contributed by atoms with Crippen LogP contribution in [-0.2, 0) is 11.3 Å². The normalized spacial score (nSPS) is 22.7. The van der Waals surface area contributed by atoms with E-state index < -0.39 is 0 Å². The third-order valence-electron chi connectivity index (χ3n) is 2.17. The molecule has 13 heavy (non-hydrogen) atoms. The number of carbonyl (C=O) groups excluding carboxylic acids is 1. The maximum atomic E-state index is 11.4. The van der Waals surface area contributed by atoms with Gasteiger partial charge in [-0.3, -0.25) is 4.79 Å². The fourth-order valence-corrected chi connectivity index (χ4v) is 2.27. The van der Waals surface area contributed by atoms with Crippen molar-refractivity contribution in [2.45, 2.75) is 19.0 Å². The molecule has 70 valence electrons. The first kappa shape index (κ1) is 8.72. The average molecular weight is 196 g/mol. The van der Waals surface area contributed by atoms with Crippen LogP contribution in [0.2, 0.25) is 0 Å². The van der Waals surface area contributed by atoms with Gasteiger partial charge in [0.1, 0.15) is 0 Å². The van der Waals surface area contributed by atoms with Crippen molar-refractivity contribution < 1.29 is 4.79 Å². The predicted molar refractivity (Wildman–Crippen MR) is 52.3 cm³/mol. The quantitative estimate of drug-likeness (QED) is 0.760. The number of hydrogen-bond acceptors (Lipinski definition) is 3. The van der Waals surface area contributed by atoms with Crippen LogP contribution < -0.4 is 5.73 Å². The van der Waals surface area contributed by atoms with E-state index in [4.69, 9.17) is 5.73 Å². The van der Waals surface area contributed by atoms with Gasteiger partial charge in [0.15, 0.2) is 0 Å². The molecule has 0 unspecified atom stereocenters. The molecule has 2 heterocycles. The monoisotopic (exact) mass is 196 g/mol. The van der Waals surface area contributed by atoms with Gasteiger partial charge in [-0.1, -0.05) is 6.07 Å². The summed E-state index contributed by atoms with van der Waals surface area (Å²) in [6.07, 6.45) is 0.505. The SMILES string of the molecule is N[C@H]1CC(=O)N(Cc2cccs2)C1. The first-order chi connectivity index (χ1) is 6.25. The smallest absolute Gasteiger partial charge is 0.224 e. The summed E-state index contributed by atoms with van der Waals surface area (Å²) in [5.74, 6) is 0.181. The lowest BCUT2D eigenvalue weighted by molar-refractivity contribution is -0.128. The molecule has 0 saturated carbocycles. The molecule has 0 aromatic carbocycles. The van der Waals surface area contributed by atoms with Crippen molar-refractivity contribution >= 4 is 17.2 Å². The van der Waals surface area contributed by atoms with Gasteiger partial charge < -0.3 is 10.6 Å². The second kappa shape index (κ2) is 3.47. The maximum absolute atomic E-state index is 11.4. The molecule has 1 fully saturated rings. The molecule has 1 saturated heterocycles. The molecule has 2 N–H and O–H groups in total. The lowest BCUT2D eigenvalue weighted by Crippen LogP contribution is -2.27. The Balaban J connectivity index is 1.99. The zero-order chi connectivity index (χ0) is 9.26. The highest BCUT2D eigenvalue weighted by molar-refractivity contribution is 7.09. The number of thiophene rings is 1. The third kappa shape index (κ3) is 1.89. The van der Waals surface area contributed by atoms with E-state index in [9.17, 15) is 4.79 Å². The van der Waals surface area contributed by atoms with Gasteiger partial charge in [-0.2, -0.15) is 0 Å². The van der Waals surface area contributed by atoms with E-state index in [1.54, 1.807) is 11.3 Å². The van der Waals surface area contributed by atoms with Crippen molar-refractivity contribution in [3.8, 4) is 0 Å². The summed E-state index contributed by atoms with van der Waals surface area (Å²) in [4.78, 5) is 14.4. The van der Waals surface area contributed by atoms with Gasteiger partial charge in [-0.15, -0.1) is 11.3 Å². The van der Waals surface area contributed by atoms with Gasteiger partial charge in [0.2, 0.25) is 5.91 Å². The Hall–Kier alpha value is -0.870. The molecule has 0 aliphatic carbocycles. The topological polar surface area (TPSA) is 46.3 Å². The largest absolute Gasteiger partial charge is 0.336 e. The van der Waals surface area contributed by atoms with Crippen molar-refractivity contribution in [1.82, 2.24) is 4.90 Å². The minimum atomic E-state index is 0.0347. The second-order valence-corrected chi connectivity index (χ2v) is 4.35. The lowest BCUT2D eigenvalue weighted by Gasteiger charge is -2.14. The Bertz CT molecular complexity index is 297. The molecule has 1 aromatic heterocycles. The number of nitrogens with two attached hydrogens (primary N) is 1. The fourth-order valence-electron chi connectivity index (χ4n) is 1.55. The average Bonchev–Trinajstić information content (AvgIpc) is 2.63. The Labute approximate surface area is 81.2 Å². The molecule has 2 rings (SSSR count). The number of carbonyl (C=O) groups is 1. The van der Waals surface area contributed by atoms with E-state index in [0.717, 1.165) is 6.54 Å². The molecular weight excluding hydrogens is 184 g/mol. The highest BCUT2D eigenvalue weighted by Crippen LogP contribution is 2.16. The summed E-state index contributed by atoms with van der Waals surface area (Å²) >= 11 is 1.68. The zero-order valence-corrected chi connectivity index (χ0v) is 8.09. The molecule has 0 radical (unpaired) electrons. The van der Waals surface area contributed by atoms with Crippen LogP contribution >= 0.6 is 11.3 Å². The summed E-state index contributed by atoms with van der Waals surface area (Å²) in [5, 5.41) is 2.02. The van der Waals surface area contributed by atoms with Crippen LogP contribution in [0.4, 0.5) is 0 Å². The third-order valence-corrected chi connectivity index (χ3v) is 3.03. The van der Waals surface area contributed by atoms with Crippen molar-refractivity contribution in [1.29, 1.82) is 0 Å². The standard InChI is InChI=1S/C9H12N2OS/c10-7-4-9(12)11(5-7)6-8-2-1-3-13-8/h1-3,7H,4-6,10H2/t7-/m0/s1. The van der Waals surface area contributed by atoms with E-state index in [1.807, 2.05) is 22.4 Å². The van der Waals surface area contributed by atoms with Gasteiger partial charge in [0, 0.05) is 23.9 Å². The van der Waals surface area contributed by atoms with Crippen LogP contribution in [-0.4, -0.2) is 23.4 Å². The molecule has 0 bridgehead atoms. The summed E-state index contributed by atoms with van der Waals surface area (Å²) in [7, 11) is 0. The maximum Gasteiger partial charge on any atom is 0.224 e. The number of rotatable bonds is 2. The van der Waals surface area contributed by atoms with Gasteiger partial charge in [0.05, 0.1) is 6.54 Å². The Morgan fingerprint density at radius 2 is 2.54 bits per heavy atom. The van der Waals surface area contributed by atoms with E-state index in [0.29, 0.717) is 13.0 Å². The van der Waals surface area contributed by atoms with E-state index in [2.05, 4.69) is 0 Å². The number of likely N-dealkylation sites (tertiary alicyclic amines) is 1. The predicted octanol–water partition coefficient (Wildman–Crippen LogP) is 0.808. The van der Waals surface area contributed by atoms with Crippen molar-refractivity contribution in [2.75, 3.05) is 6.54 Å². The van der Waals surface area contributed by atoms with Crippen LogP contribution in [0.15, 0.2) is 17.5 Å². The molecule has 1 aliphatic rings. The van der Waals surface area contributed by atoms with Gasteiger partial charge in [-0.05, 0) is 11.4 Å². The molecule has 3 nitrogen and oxygen atoms in total.